The molecule has 2 nitrogen and oxygen atoms in total. The van der Waals surface area contributed by atoms with Gasteiger partial charge in [0.05, 0.1) is 7.11 Å². The normalized spacial score (nSPS) is 11.6. The number of nitrogens with two attached hydrogens (primary N) is 1. The summed E-state index contributed by atoms with van der Waals surface area (Å²) in [5.74, 6) is 0.889. The summed E-state index contributed by atoms with van der Waals surface area (Å²) in [6.07, 6.45) is 0.906. The Bertz CT molecular complexity index is 374. The fourth-order valence-electron chi connectivity index (χ4n) is 1.85. The Morgan fingerprint density at radius 1 is 1.38 bits per heavy atom. The third-order valence-electron chi connectivity index (χ3n) is 2.98. The fraction of sp³-hybridized carbons (Fsp3) is 0.538. The first-order valence-electron chi connectivity index (χ1n) is 5.47. The lowest BCUT2D eigenvalue weighted by Crippen LogP contribution is -2.22. The van der Waals surface area contributed by atoms with Crippen LogP contribution in [-0.4, -0.2) is 13.7 Å². The van der Waals surface area contributed by atoms with Gasteiger partial charge in [0.2, 0.25) is 0 Å². The molecular weight excluding hydrogens is 222 g/mol. The van der Waals surface area contributed by atoms with Gasteiger partial charge in [0, 0.05) is 10.6 Å². The van der Waals surface area contributed by atoms with Gasteiger partial charge in [-0.1, -0.05) is 25.4 Å². The van der Waals surface area contributed by atoms with Gasteiger partial charge in [0.25, 0.3) is 0 Å². The van der Waals surface area contributed by atoms with Crippen LogP contribution in [0.1, 0.15) is 31.4 Å². The molecule has 1 rings (SSSR count). The number of halogens is 1. The highest BCUT2D eigenvalue weighted by atomic mass is 35.5. The maximum Gasteiger partial charge on any atom is 0.122 e. The second-order valence-corrected chi connectivity index (χ2v) is 5.13. The molecule has 0 saturated heterocycles. The number of ether oxygens (including phenoxy) is 1. The number of rotatable bonds is 4. The van der Waals surface area contributed by atoms with E-state index in [0.717, 1.165) is 28.3 Å². The van der Waals surface area contributed by atoms with Crippen molar-refractivity contribution < 1.29 is 4.74 Å². The molecule has 0 amide bonds. The molecular formula is C13H20ClNO. The molecule has 0 aromatic heterocycles. The molecule has 1 aromatic carbocycles. The molecule has 0 aliphatic carbocycles. The molecule has 0 heterocycles. The minimum Gasteiger partial charge on any atom is -0.496 e. The van der Waals surface area contributed by atoms with Crippen LogP contribution in [0.4, 0.5) is 0 Å². The summed E-state index contributed by atoms with van der Waals surface area (Å²) < 4.78 is 5.41. The van der Waals surface area contributed by atoms with Gasteiger partial charge in [-0.25, -0.2) is 0 Å². The van der Waals surface area contributed by atoms with Crippen LogP contribution in [0.25, 0.3) is 0 Å². The molecule has 0 fully saturated rings. The maximum absolute atomic E-state index is 6.16. The van der Waals surface area contributed by atoms with E-state index in [-0.39, 0.29) is 5.41 Å². The summed E-state index contributed by atoms with van der Waals surface area (Å²) in [7, 11) is 1.69. The van der Waals surface area contributed by atoms with E-state index in [1.807, 2.05) is 19.1 Å². The van der Waals surface area contributed by atoms with E-state index in [0.29, 0.717) is 6.54 Å². The monoisotopic (exact) mass is 241 g/mol. The van der Waals surface area contributed by atoms with Crippen molar-refractivity contribution in [1.29, 1.82) is 0 Å². The first-order chi connectivity index (χ1) is 7.42. The standard InChI is InChI=1S/C13H20ClNO/c1-9-7-12(16-4)10(8-11(9)14)13(2,3)5-6-15/h7-8H,5-6,15H2,1-4H3. The smallest absolute Gasteiger partial charge is 0.122 e. The van der Waals surface area contributed by atoms with Gasteiger partial charge in [-0.2, -0.15) is 0 Å². The van der Waals surface area contributed by atoms with Crippen molar-refractivity contribution in [2.45, 2.75) is 32.6 Å². The van der Waals surface area contributed by atoms with Crippen LogP contribution in [0, 0.1) is 6.92 Å². The number of aryl methyl sites for hydroxylation is 1. The molecule has 3 heteroatoms. The van der Waals surface area contributed by atoms with E-state index in [2.05, 4.69) is 13.8 Å². The first-order valence-corrected chi connectivity index (χ1v) is 5.85. The van der Waals surface area contributed by atoms with E-state index >= 15 is 0 Å². The summed E-state index contributed by atoms with van der Waals surface area (Å²) >= 11 is 6.16. The molecule has 0 unspecified atom stereocenters. The summed E-state index contributed by atoms with van der Waals surface area (Å²) in [6.45, 7) is 6.94. The average molecular weight is 242 g/mol. The predicted octanol–water partition coefficient (Wildman–Crippen LogP) is 3.28. The molecule has 0 spiro atoms. The van der Waals surface area contributed by atoms with Crippen molar-refractivity contribution in [3.8, 4) is 5.75 Å². The lowest BCUT2D eigenvalue weighted by molar-refractivity contribution is 0.386. The van der Waals surface area contributed by atoms with Gasteiger partial charge in [0.15, 0.2) is 0 Å². The molecule has 0 bridgehead atoms. The third-order valence-corrected chi connectivity index (χ3v) is 3.39. The summed E-state index contributed by atoms with van der Waals surface area (Å²) in [6, 6.07) is 3.97. The van der Waals surface area contributed by atoms with Gasteiger partial charge in [-0.15, -0.1) is 0 Å². The molecule has 90 valence electrons. The lowest BCUT2D eigenvalue weighted by Gasteiger charge is -2.27. The molecule has 0 aliphatic rings. The van der Waals surface area contributed by atoms with Crippen molar-refractivity contribution >= 4 is 11.6 Å². The highest BCUT2D eigenvalue weighted by molar-refractivity contribution is 6.31. The van der Waals surface area contributed by atoms with Gasteiger partial charge in [-0.05, 0) is 43.0 Å². The summed E-state index contributed by atoms with van der Waals surface area (Å²) in [5, 5.41) is 0.779. The van der Waals surface area contributed by atoms with E-state index in [9.17, 15) is 0 Å². The van der Waals surface area contributed by atoms with Crippen LogP contribution >= 0.6 is 11.6 Å². The predicted molar refractivity (Wildman–Crippen MR) is 69.4 cm³/mol. The fourth-order valence-corrected chi connectivity index (χ4v) is 2.01. The van der Waals surface area contributed by atoms with Gasteiger partial charge in [-0.3, -0.25) is 0 Å². The largest absolute Gasteiger partial charge is 0.496 e. The van der Waals surface area contributed by atoms with Crippen molar-refractivity contribution in [1.82, 2.24) is 0 Å². The molecule has 1 aromatic rings. The van der Waals surface area contributed by atoms with Crippen LogP contribution in [-0.2, 0) is 5.41 Å². The second kappa shape index (κ2) is 5.07. The van der Waals surface area contributed by atoms with E-state index in [1.54, 1.807) is 7.11 Å². The van der Waals surface area contributed by atoms with Gasteiger partial charge in [0.1, 0.15) is 5.75 Å². The average Bonchev–Trinajstić information content (AvgIpc) is 2.21. The van der Waals surface area contributed by atoms with Crippen LogP contribution in [0.15, 0.2) is 12.1 Å². The Morgan fingerprint density at radius 3 is 2.50 bits per heavy atom. The van der Waals surface area contributed by atoms with Crippen LogP contribution in [0.5, 0.6) is 5.75 Å². The number of benzene rings is 1. The van der Waals surface area contributed by atoms with Crippen molar-refractivity contribution in [2.24, 2.45) is 5.73 Å². The summed E-state index contributed by atoms with van der Waals surface area (Å²) in [5.41, 5.74) is 7.78. The summed E-state index contributed by atoms with van der Waals surface area (Å²) in [4.78, 5) is 0. The third kappa shape index (κ3) is 2.69. The SMILES string of the molecule is COc1cc(C)c(Cl)cc1C(C)(C)CCN. The van der Waals surface area contributed by atoms with Gasteiger partial charge < -0.3 is 10.5 Å². The highest BCUT2D eigenvalue weighted by Gasteiger charge is 2.24. The van der Waals surface area contributed by atoms with E-state index in [4.69, 9.17) is 22.1 Å². The zero-order chi connectivity index (χ0) is 12.3. The topological polar surface area (TPSA) is 35.2 Å². The second-order valence-electron chi connectivity index (χ2n) is 4.72. The van der Waals surface area contributed by atoms with Crippen LogP contribution in [0.2, 0.25) is 5.02 Å². The zero-order valence-corrected chi connectivity index (χ0v) is 11.2. The molecule has 0 atom stereocenters. The Labute approximate surface area is 103 Å². The number of hydrogen-bond donors (Lipinski definition) is 1. The van der Waals surface area contributed by atoms with Crippen LogP contribution in [0.3, 0.4) is 0 Å². The Morgan fingerprint density at radius 2 is 2.00 bits per heavy atom. The Kier molecular flexibility index (Phi) is 4.22. The van der Waals surface area contributed by atoms with Crippen molar-refractivity contribution in [3.63, 3.8) is 0 Å². The zero-order valence-electron chi connectivity index (χ0n) is 10.4. The first kappa shape index (κ1) is 13.3. The minimum absolute atomic E-state index is 0.0164. The minimum atomic E-state index is -0.0164. The molecule has 0 radical (unpaired) electrons. The van der Waals surface area contributed by atoms with Crippen molar-refractivity contribution in [3.05, 3.63) is 28.3 Å². The molecule has 0 aliphatic heterocycles. The van der Waals surface area contributed by atoms with Crippen LogP contribution < -0.4 is 10.5 Å². The lowest BCUT2D eigenvalue weighted by atomic mass is 9.80. The maximum atomic E-state index is 6.16. The Balaban J connectivity index is 3.26. The van der Waals surface area contributed by atoms with Crippen molar-refractivity contribution in [2.75, 3.05) is 13.7 Å². The van der Waals surface area contributed by atoms with E-state index in [1.165, 1.54) is 0 Å². The number of methoxy groups -OCH3 is 1. The number of hydrogen-bond acceptors (Lipinski definition) is 2. The highest BCUT2D eigenvalue weighted by Crippen LogP contribution is 2.37. The molecule has 0 saturated carbocycles. The quantitative estimate of drug-likeness (QED) is 0.878. The van der Waals surface area contributed by atoms with Gasteiger partial charge >= 0.3 is 0 Å². The Hall–Kier alpha value is -0.730. The molecule has 2 N–H and O–H groups in total. The molecule has 16 heavy (non-hydrogen) atoms. The van der Waals surface area contributed by atoms with E-state index < -0.39 is 0 Å².